The molecule has 1 fully saturated rings. The summed E-state index contributed by atoms with van der Waals surface area (Å²) >= 11 is 0. The number of nitrogens with zero attached hydrogens (tertiary/aromatic N) is 3. The van der Waals surface area contributed by atoms with Crippen LogP contribution in [0.3, 0.4) is 0 Å². The number of piperidine rings is 1. The molecule has 1 atom stereocenters. The molecule has 1 aliphatic heterocycles. The maximum Gasteiger partial charge on any atom is 0.304 e. The predicted molar refractivity (Wildman–Crippen MR) is 68.6 cm³/mol. The number of aromatic nitrogens is 2. The van der Waals surface area contributed by atoms with Gasteiger partial charge in [0.25, 0.3) is 0 Å². The number of aliphatic carboxylic acids is 1. The number of carboxylic acids is 1. The fourth-order valence-corrected chi connectivity index (χ4v) is 2.67. The maximum absolute atomic E-state index is 10.6. The fraction of sp³-hybridized carbons (Fsp3) is 0.692. The molecule has 5 nitrogen and oxygen atoms in total. The van der Waals surface area contributed by atoms with Gasteiger partial charge in [-0.25, -0.2) is 4.98 Å². The zero-order valence-electron chi connectivity index (χ0n) is 10.9. The van der Waals surface area contributed by atoms with Gasteiger partial charge in [0.05, 0.1) is 6.42 Å². The minimum absolute atomic E-state index is 0.231. The Morgan fingerprint density at radius 3 is 3.17 bits per heavy atom. The van der Waals surface area contributed by atoms with Crippen LogP contribution in [0.5, 0.6) is 0 Å². The second kappa shape index (κ2) is 6.00. The normalized spacial score (nSPS) is 21.1. The molecule has 1 aliphatic rings. The first kappa shape index (κ1) is 13.1. The van der Waals surface area contributed by atoms with Crippen LogP contribution in [0.4, 0.5) is 0 Å². The predicted octanol–water partition coefficient (Wildman–Crippen LogP) is 1.56. The Morgan fingerprint density at radius 2 is 2.44 bits per heavy atom. The summed E-state index contributed by atoms with van der Waals surface area (Å²) in [6.07, 6.45) is 6.39. The van der Waals surface area contributed by atoms with Crippen LogP contribution in [0.1, 0.15) is 37.9 Å². The molecule has 1 saturated heterocycles. The number of hydrogen-bond donors (Lipinski definition) is 1. The van der Waals surface area contributed by atoms with Gasteiger partial charge in [0, 0.05) is 37.9 Å². The summed E-state index contributed by atoms with van der Waals surface area (Å²) < 4.78 is 2.19. The van der Waals surface area contributed by atoms with Gasteiger partial charge in [0.2, 0.25) is 0 Å². The summed E-state index contributed by atoms with van der Waals surface area (Å²) in [4.78, 5) is 17.3. The summed E-state index contributed by atoms with van der Waals surface area (Å²) in [5.74, 6) is 0.882. The van der Waals surface area contributed by atoms with Crippen molar-refractivity contribution < 1.29 is 9.90 Å². The zero-order valence-corrected chi connectivity index (χ0v) is 10.9. The molecule has 0 radical (unpaired) electrons. The first-order chi connectivity index (χ1) is 8.70. The van der Waals surface area contributed by atoms with E-state index in [1.807, 2.05) is 12.4 Å². The Balaban J connectivity index is 1.96. The number of likely N-dealkylation sites (tertiary alicyclic amines) is 1. The summed E-state index contributed by atoms with van der Waals surface area (Å²) in [6.45, 7) is 5.66. The summed E-state index contributed by atoms with van der Waals surface area (Å²) in [7, 11) is 0. The van der Waals surface area contributed by atoms with Crippen LogP contribution in [0, 0.1) is 0 Å². The van der Waals surface area contributed by atoms with Crippen LogP contribution in [-0.2, 0) is 11.3 Å². The summed E-state index contributed by atoms with van der Waals surface area (Å²) in [5, 5.41) is 8.73. The molecule has 0 bridgehead atoms. The van der Waals surface area contributed by atoms with Crippen LogP contribution in [0.15, 0.2) is 12.4 Å². The first-order valence-corrected chi connectivity index (χ1v) is 6.66. The Bertz CT molecular complexity index is 403. The van der Waals surface area contributed by atoms with Gasteiger partial charge in [-0.15, -0.1) is 0 Å². The highest BCUT2D eigenvalue weighted by molar-refractivity contribution is 5.66. The van der Waals surface area contributed by atoms with E-state index in [2.05, 4.69) is 21.4 Å². The van der Waals surface area contributed by atoms with Crippen LogP contribution >= 0.6 is 0 Å². The van der Waals surface area contributed by atoms with Gasteiger partial charge in [-0.3, -0.25) is 4.79 Å². The lowest BCUT2D eigenvalue weighted by molar-refractivity contribution is -0.137. The number of carboxylic acid groups (broad SMARTS) is 1. The lowest BCUT2D eigenvalue weighted by atomic mass is 9.97. The smallest absolute Gasteiger partial charge is 0.304 e. The van der Waals surface area contributed by atoms with E-state index in [4.69, 9.17) is 5.11 Å². The lowest BCUT2D eigenvalue weighted by Gasteiger charge is -2.32. The summed E-state index contributed by atoms with van der Waals surface area (Å²) in [5.41, 5.74) is 0. The van der Waals surface area contributed by atoms with Gasteiger partial charge in [-0.1, -0.05) is 0 Å². The second-order valence-electron chi connectivity index (χ2n) is 4.85. The van der Waals surface area contributed by atoms with Crippen molar-refractivity contribution in [3.05, 3.63) is 18.2 Å². The van der Waals surface area contributed by atoms with E-state index in [9.17, 15) is 4.79 Å². The van der Waals surface area contributed by atoms with E-state index in [0.717, 1.165) is 38.3 Å². The van der Waals surface area contributed by atoms with Crippen molar-refractivity contribution in [2.24, 2.45) is 0 Å². The number of carbonyl (C=O) groups is 1. The molecule has 1 N–H and O–H groups in total. The first-order valence-electron chi connectivity index (χ1n) is 6.66. The second-order valence-corrected chi connectivity index (χ2v) is 4.85. The molecule has 2 rings (SSSR count). The Labute approximate surface area is 107 Å². The van der Waals surface area contributed by atoms with Crippen LogP contribution in [-0.4, -0.2) is 45.2 Å². The molecular weight excluding hydrogens is 230 g/mol. The third-order valence-electron chi connectivity index (χ3n) is 3.60. The van der Waals surface area contributed by atoms with Crippen LogP contribution < -0.4 is 0 Å². The van der Waals surface area contributed by atoms with Crippen molar-refractivity contribution in [1.29, 1.82) is 0 Å². The average molecular weight is 251 g/mol. The molecule has 1 aromatic heterocycles. The standard InChI is InChI=1S/C13H21N3O2/c1-2-16-9-6-14-13(16)11-4-3-7-15(10-11)8-5-12(17)18/h6,9,11H,2-5,7-8,10H2,1H3,(H,17,18)/t11-/m1/s1. The molecule has 2 heterocycles. The molecule has 1 aromatic rings. The highest BCUT2D eigenvalue weighted by Crippen LogP contribution is 2.25. The number of hydrogen-bond acceptors (Lipinski definition) is 3. The van der Waals surface area contributed by atoms with E-state index in [1.54, 1.807) is 0 Å². The molecule has 100 valence electrons. The third-order valence-corrected chi connectivity index (χ3v) is 3.60. The van der Waals surface area contributed by atoms with E-state index >= 15 is 0 Å². The molecule has 0 spiro atoms. The minimum atomic E-state index is -0.716. The van der Waals surface area contributed by atoms with E-state index in [-0.39, 0.29) is 6.42 Å². The van der Waals surface area contributed by atoms with Gasteiger partial charge in [-0.05, 0) is 26.3 Å². The van der Waals surface area contributed by atoms with Crippen molar-refractivity contribution in [3.8, 4) is 0 Å². The van der Waals surface area contributed by atoms with Gasteiger partial charge in [0.1, 0.15) is 5.82 Å². The monoisotopic (exact) mass is 251 g/mol. The molecule has 18 heavy (non-hydrogen) atoms. The Hall–Kier alpha value is -1.36. The Kier molecular flexibility index (Phi) is 4.36. The molecule has 0 aromatic carbocycles. The topological polar surface area (TPSA) is 58.4 Å². The van der Waals surface area contributed by atoms with Gasteiger partial charge < -0.3 is 14.6 Å². The summed E-state index contributed by atoms with van der Waals surface area (Å²) in [6, 6.07) is 0. The lowest BCUT2D eigenvalue weighted by Crippen LogP contribution is -2.36. The molecule has 0 unspecified atom stereocenters. The largest absolute Gasteiger partial charge is 0.481 e. The number of aryl methyl sites for hydroxylation is 1. The van der Waals surface area contributed by atoms with Crippen molar-refractivity contribution in [2.45, 2.75) is 38.6 Å². The van der Waals surface area contributed by atoms with E-state index < -0.39 is 5.97 Å². The highest BCUT2D eigenvalue weighted by atomic mass is 16.4. The molecular formula is C13H21N3O2. The molecule has 0 saturated carbocycles. The average Bonchev–Trinajstić information content (AvgIpc) is 2.85. The minimum Gasteiger partial charge on any atom is -0.481 e. The van der Waals surface area contributed by atoms with Gasteiger partial charge >= 0.3 is 5.97 Å². The molecule has 0 aliphatic carbocycles. The van der Waals surface area contributed by atoms with Gasteiger partial charge in [0.15, 0.2) is 0 Å². The van der Waals surface area contributed by atoms with E-state index in [1.165, 1.54) is 0 Å². The number of imidazole rings is 1. The SMILES string of the molecule is CCn1ccnc1[C@@H]1CCCN(CCC(=O)O)C1. The highest BCUT2D eigenvalue weighted by Gasteiger charge is 2.24. The van der Waals surface area contributed by atoms with Crippen LogP contribution in [0.2, 0.25) is 0 Å². The van der Waals surface area contributed by atoms with Crippen LogP contribution in [0.25, 0.3) is 0 Å². The van der Waals surface area contributed by atoms with Crippen molar-refractivity contribution in [1.82, 2.24) is 14.5 Å². The third kappa shape index (κ3) is 3.10. The fourth-order valence-electron chi connectivity index (χ4n) is 2.67. The van der Waals surface area contributed by atoms with Crippen molar-refractivity contribution >= 4 is 5.97 Å². The Morgan fingerprint density at radius 1 is 1.61 bits per heavy atom. The molecule has 0 amide bonds. The zero-order chi connectivity index (χ0) is 13.0. The molecule has 5 heteroatoms. The van der Waals surface area contributed by atoms with Crippen molar-refractivity contribution in [2.75, 3.05) is 19.6 Å². The number of rotatable bonds is 5. The van der Waals surface area contributed by atoms with Crippen molar-refractivity contribution in [3.63, 3.8) is 0 Å². The van der Waals surface area contributed by atoms with Gasteiger partial charge in [-0.2, -0.15) is 0 Å². The quantitative estimate of drug-likeness (QED) is 0.862. The maximum atomic E-state index is 10.6. The van der Waals surface area contributed by atoms with E-state index in [0.29, 0.717) is 12.5 Å².